The fraction of sp³-hybridized carbons (Fsp3) is 0.0545. The van der Waals surface area contributed by atoms with Crippen LogP contribution in [0.2, 0.25) is 0 Å². The van der Waals surface area contributed by atoms with E-state index in [9.17, 15) is 0 Å². The van der Waals surface area contributed by atoms with Crippen molar-refractivity contribution < 1.29 is 0 Å². The predicted octanol–water partition coefficient (Wildman–Crippen LogP) is 15.4. The maximum atomic E-state index is 2.37. The third-order valence-corrected chi connectivity index (χ3v) is 11.5. The Hall–Kier alpha value is -6.96. The second-order valence-corrected chi connectivity index (χ2v) is 15.5. The van der Waals surface area contributed by atoms with Gasteiger partial charge in [-0.3, -0.25) is 0 Å². The lowest BCUT2D eigenvalue weighted by Crippen LogP contribution is -2.13. The van der Waals surface area contributed by atoms with Crippen molar-refractivity contribution in [3.63, 3.8) is 0 Å². The van der Waals surface area contributed by atoms with Crippen LogP contribution in [0.1, 0.15) is 25.0 Å². The Morgan fingerprint density at radius 1 is 0.321 bits per heavy atom. The minimum absolute atomic E-state index is 0.0374. The average Bonchev–Trinajstić information content (AvgIpc) is 3.57. The molecule has 56 heavy (non-hydrogen) atoms. The monoisotopic (exact) mass is 715 g/mol. The highest BCUT2D eigenvalue weighted by atomic mass is 15.1. The first kappa shape index (κ1) is 33.6. The molecule has 0 saturated heterocycles. The summed E-state index contributed by atoms with van der Waals surface area (Å²) in [7, 11) is 0. The van der Waals surface area contributed by atoms with Gasteiger partial charge in [-0.1, -0.05) is 178 Å². The smallest absolute Gasteiger partial charge is 0.0467 e. The fourth-order valence-electron chi connectivity index (χ4n) is 8.30. The van der Waals surface area contributed by atoms with Gasteiger partial charge in [-0.15, -0.1) is 0 Å². The highest BCUT2D eigenvalue weighted by Gasteiger charge is 2.26. The van der Waals surface area contributed by atoms with Crippen LogP contribution in [0, 0.1) is 0 Å². The van der Waals surface area contributed by atoms with Crippen LogP contribution in [0.5, 0.6) is 0 Å². The summed E-state index contributed by atoms with van der Waals surface area (Å²) in [5, 5.41) is 5.05. The van der Waals surface area contributed by atoms with Crippen LogP contribution in [0.4, 0.5) is 17.1 Å². The van der Waals surface area contributed by atoms with Crippen molar-refractivity contribution in [1.29, 1.82) is 0 Å². The molecule has 0 bridgehead atoms. The van der Waals surface area contributed by atoms with Gasteiger partial charge in [0, 0.05) is 22.5 Å². The van der Waals surface area contributed by atoms with Crippen LogP contribution in [0.15, 0.2) is 206 Å². The highest BCUT2D eigenvalue weighted by molar-refractivity contribution is 5.89. The summed E-state index contributed by atoms with van der Waals surface area (Å²) in [6, 6.07) is 73.2. The number of benzene rings is 9. The molecule has 1 aliphatic rings. The zero-order chi connectivity index (χ0) is 37.6. The minimum Gasteiger partial charge on any atom is -0.310 e. The molecule has 1 heteroatoms. The van der Waals surface area contributed by atoms with Crippen molar-refractivity contribution in [2.75, 3.05) is 4.90 Å². The molecular formula is C55H41N. The van der Waals surface area contributed by atoms with Crippen LogP contribution in [-0.2, 0) is 5.41 Å². The van der Waals surface area contributed by atoms with Crippen LogP contribution in [-0.4, -0.2) is 0 Å². The molecule has 9 aromatic rings. The third-order valence-electron chi connectivity index (χ3n) is 11.5. The SMILES string of the molecule is CC1(C)C=Cc2cc(N(c3ccc(-c4ccc(-c5ccc6ccccc6c5)cc4)cc3)c3ccc(-c4ccc(-c5ccc6ccccc6c5)cc4)cc3)ccc21. The molecule has 0 spiro atoms. The first-order valence-electron chi connectivity index (χ1n) is 19.5. The molecule has 0 heterocycles. The maximum Gasteiger partial charge on any atom is 0.0467 e. The van der Waals surface area contributed by atoms with E-state index in [1.807, 2.05) is 0 Å². The van der Waals surface area contributed by atoms with Gasteiger partial charge in [-0.2, -0.15) is 0 Å². The van der Waals surface area contributed by atoms with Gasteiger partial charge in [0.2, 0.25) is 0 Å². The van der Waals surface area contributed by atoms with Crippen LogP contribution >= 0.6 is 0 Å². The molecule has 0 saturated carbocycles. The molecule has 0 radical (unpaired) electrons. The Bertz CT molecular complexity index is 2730. The van der Waals surface area contributed by atoms with Crippen molar-refractivity contribution >= 4 is 44.7 Å². The number of fused-ring (bicyclic) bond motifs is 3. The summed E-state index contributed by atoms with van der Waals surface area (Å²) >= 11 is 0. The van der Waals surface area contributed by atoms with Gasteiger partial charge in [-0.05, 0) is 126 Å². The van der Waals surface area contributed by atoms with E-state index in [2.05, 4.69) is 231 Å². The van der Waals surface area contributed by atoms with E-state index in [1.54, 1.807) is 0 Å². The van der Waals surface area contributed by atoms with E-state index in [0.29, 0.717) is 0 Å². The zero-order valence-corrected chi connectivity index (χ0v) is 31.7. The van der Waals surface area contributed by atoms with Gasteiger partial charge in [0.05, 0.1) is 0 Å². The standard InChI is InChI=1S/C55H41N/c1-55(2)34-33-50-37-53(31-32-54(50)55)56(51-27-23-42(24-28-51)40-11-15-44(16-12-40)48-21-19-38-7-3-5-9-46(38)35-48)52-29-25-43(26-30-52)41-13-17-45(18-14-41)49-22-20-39-8-4-6-10-47(39)36-49/h3-37H,1-2H3. The second-order valence-electron chi connectivity index (χ2n) is 15.5. The number of hydrogen-bond donors (Lipinski definition) is 0. The Balaban J connectivity index is 0.945. The topological polar surface area (TPSA) is 3.24 Å². The van der Waals surface area contributed by atoms with E-state index >= 15 is 0 Å². The second kappa shape index (κ2) is 13.7. The fourth-order valence-corrected chi connectivity index (χ4v) is 8.30. The predicted molar refractivity (Wildman–Crippen MR) is 240 cm³/mol. The molecule has 0 N–H and O–H groups in total. The molecule has 0 unspecified atom stereocenters. The normalized spacial score (nSPS) is 12.9. The minimum atomic E-state index is 0.0374. The molecule has 9 aromatic carbocycles. The lowest BCUT2D eigenvalue weighted by molar-refractivity contribution is 0.683. The molecule has 10 rings (SSSR count). The lowest BCUT2D eigenvalue weighted by Gasteiger charge is -2.27. The Kier molecular flexibility index (Phi) is 8.23. The highest BCUT2D eigenvalue weighted by Crippen LogP contribution is 2.42. The van der Waals surface area contributed by atoms with Crippen molar-refractivity contribution in [2.45, 2.75) is 19.3 Å². The van der Waals surface area contributed by atoms with Crippen LogP contribution in [0.3, 0.4) is 0 Å². The van der Waals surface area contributed by atoms with Gasteiger partial charge < -0.3 is 4.90 Å². The van der Waals surface area contributed by atoms with E-state index in [0.717, 1.165) is 17.1 Å². The molecule has 0 atom stereocenters. The molecule has 1 aliphatic carbocycles. The summed E-state index contributed by atoms with van der Waals surface area (Å²) in [6.07, 6.45) is 4.58. The quantitative estimate of drug-likeness (QED) is 0.159. The number of anilines is 3. The summed E-state index contributed by atoms with van der Waals surface area (Å²) < 4.78 is 0. The summed E-state index contributed by atoms with van der Waals surface area (Å²) in [5.41, 5.74) is 15.8. The van der Waals surface area contributed by atoms with Gasteiger partial charge in [-0.25, -0.2) is 0 Å². The Labute approximate surface area is 329 Å². The van der Waals surface area contributed by atoms with E-state index in [4.69, 9.17) is 0 Å². The van der Waals surface area contributed by atoms with E-state index in [-0.39, 0.29) is 5.41 Å². The van der Waals surface area contributed by atoms with Gasteiger partial charge in [0.15, 0.2) is 0 Å². The van der Waals surface area contributed by atoms with Gasteiger partial charge in [0.25, 0.3) is 0 Å². The van der Waals surface area contributed by atoms with Crippen molar-refractivity contribution in [3.05, 3.63) is 217 Å². The van der Waals surface area contributed by atoms with Gasteiger partial charge in [0.1, 0.15) is 0 Å². The van der Waals surface area contributed by atoms with Crippen LogP contribution in [0.25, 0.3) is 72.1 Å². The van der Waals surface area contributed by atoms with Crippen molar-refractivity contribution in [1.82, 2.24) is 0 Å². The Morgan fingerprint density at radius 3 is 1.12 bits per heavy atom. The molecule has 266 valence electrons. The number of hydrogen-bond acceptors (Lipinski definition) is 1. The van der Waals surface area contributed by atoms with Crippen LogP contribution < -0.4 is 4.90 Å². The number of nitrogens with zero attached hydrogens (tertiary/aromatic N) is 1. The van der Waals surface area contributed by atoms with E-state index in [1.165, 1.54) is 77.2 Å². The zero-order valence-electron chi connectivity index (χ0n) is 31.7. The first-order valence-corrected chi connectivity index (χ1v) is 19.5. The number of rotatable bonds is 7. The van der Waals surface area contributed by atoms with E-state index < -0.39 is 0 Å². The Morgan fingerprint density at radius 2 is 0.679 bits per heavy atom. The maximum absolute atomic E-state index is 2.37. The molecule has 0 aliphatic heterocycles. The molecule has 0 fully saturated rings. The lowest BCUT2D eigenvalue weighted by atomic mass is 9.87. The first-order chi connectivity index (χ1) is 27.4. The number of allylic oxidation sites excluding steroid dienone is 1. The summed E-state index contributed by atoms with van der Waals surface area (Å²) in [5.74, 6) is 0. The van der Waals surface area contributed by atoms with Gasteiger partial charge >= 0.3 is 0 Å². The third kappa shape index (κ3) is 6.28. The van der Waals surface area contributed by atoms with Crippen molar-refractivity contribution in [2.24, 2.45) is 0 Å². The molecule has 0 amide bonds. The average molecular weight is 716 g/mol. The largest absolute Gasteiger partial charge is 0.310 e. The molecular weight excluding hydrogens is 675 g/mol. The molecule has 0 aromatic heterocycles. The molecule has 1 nitrogen and oxygen atoms in total. The van der Waals surface area contributed by atoms with Crippen molar-refractivity contribution in [3.8, 4) is 44.5 Å². The summed E-state index contributed by atoms with van der Waals surface area (Å²) in [6.45, 7) is 4.57. The summed E-state index contributed by atoms with van der Waals surface area (Å²) in [4.78, 5) is 2.37.